The number of carbonyl (C=O) groups excluding carboxylic acids is 1. The van der Waals surface area contributed by atoms with Crippen LogP contribution in [0.3, 0.4) is 0 Å². The van der Waals surface area contributed by atoms with Crippen molar-refractivity contribution in [2.24, 2.45) is 5.92 Å². The Kier molecular flexibility index (Phi) is 2.06. The number of ether oxygens (including phenoxy) is 1. The molecule has 1 heterocycles. The lowest BCUT2D eigenvalue weighted by atomic mass is 10.0. The summed E-state index contributed by atoms with van der Waals surface area (Å²) in [6.07, 6.45) is -4.27. The molecule has 1 atom stereocenters. The fourth-order valence-corrected chi connectivity index (χ4v) is 0.976. The van der Waals surface area contributed by atoms with E-state index in [1.54, 1.807) is 0 Å². The van der Waals surface area contributed by atoms with E-state index in [1.807, 2.05) is 0 Å². The average molecular weight is 168 g/mol. The van der Waals surface area contributed by atoms with Crippen molar-refractivity contribution in [3.8, 4) is 0 Å². The molecule has 1 fully saturated rings. The Morgan fingerprint density at radius 2 is 2.09 bits per heavy atom. The summed E-state index contributed by atoms with van der Waals surface area (Å²) in [6.45, 7) is 0.116. The van der Waals surface area contributed by atoms with E-state index in [2.05, 4.69) is 4.74 Å². The molecule has 0 bridgehead atoms. The van der Waals surface area contributed by atoms with Crippen molar-refractivity contribution in [3.63, 3.8) is 0 Å². The lowest BCUT2D eigenvalue weighted by molar-refractivity contribution is -0.205. The van der Waals surface area contributed by atoms with E-state index in [0.29, 0.717) is 6.42 Å². The Labute approximate surface area is 61.3 Å². The van der Waals surface area contributed by atoms with Gasteiger partial charge in [-0.3, -0.25) is 4.79 Å². The number of rotatable bonds is 0. The molecule has 2 nitrogen and oxygen atoms in total. The summed E-state index contributed by atoms with van der Waals surface area (Å²) in [7, 11) is 0. The number of alkyl halides is 3. The van der Waals surface area contributed by atoms with Gasteiger partial charge in [-0.05, 0) is 12.8 Å². The minimum absolute atomic E-state index is 0.116. The summed E-state index contributed by atoms with van der Waals surface area (Å²) in [5, 5.41) is 0. The molecule has 1 aliphatic heterocycles. The number of halogens is 3. The second-order valence-corrected chi connectivity index (χ2v) is 2.40. The van der Waals surface area contributed by atoms with Gasteiger partial charge in [0, 0.05) is 0 Å². The predicted molar refractivity (Wildman–Crippen MR) is 29.7 cm³/mol. The summed E-state index contributed by atoms with van der Waals surface area (Å²) in [5.74, 6) is -3.03. The maximum absolute atomic E-state index is 11.9. The Hall–Kier alpha value is -0.740. The number of hydrogen-bond donors (Lipinski definition) is 0. The minimum atomic E-state index is -4.43. The van der Waals surface area contributed by atoms with E-state index in [4.69, 9.17) is 0 Å². The Morgan fingerprint density at radius 1 is 1.45 bits per heavy atom. The van der Waals surface area contributed by atoms with Gasteiger partial charge < -0.3 is 4.74 Å². The third kappa shape index (κ3) is 1.85. The zero-order valence-electron chi connectivity index (χ0n) is 5.65. The maximum atomic E-state index is 11.9. The topological polar surface area (TPSA) is 26.3 Å². The average Bonchev–Trinajstić information content (AvgIpc) is 1.86. The molecule has 11 heavy (non-hydrogen) atoms. The molecule has 0 aromatic carbocycles. The van der Waals surface area contributed by atoms with Gasteiger partial charge in [-0.2, -0.15) is 13.2 Å². The molecule has 0 N–H and O–H groups in total. The van der Waals surface area contributed by atoms with Gasteiger partial charge in [0.2, 0.25) is 0 Å². The van der Waals surface area contributed by atoms with Crippen molar-refractivity contribution in [3.05, 3.63) is 0 Å². The smallest absolute Gasteiger partial charge is 0.402 e. The molecular weight excluding hydrogens is 161 g/mol. The highest BCUT2D eigenvalue weighted by Crippen LogP contribution is 2.32. The monoisotopic (exact) mass is 168 g/mol. The molecule has 0 aromatic heterocycles. The SMILES string of the molecule is O=C1OCCC[C@@H]1C(F)(F)F. The number of esters is 1. The molecular formula is C6H7F3O2. The Balaban J connectivity index is 2.62. The van der Waals surface area contributed by atoms with E-state index in [1.165, 1.54) is 0 Å². The first-order chi connectivity index (χ1) is 5.02. The molecule has 1 aliphatic rings. The molecule has 0 amide bonds. The van der Waals surface area contributed by atoms with Gasteiger partial charge in [0.05, 0.1) is 6.61 Å². The minimum Gasteiger partial charge on any atom is -0.465 e. The molecule has 0 spiro atoms. The number of cyclic esters (lactones) is 1. The molecule has 1 rings (SSSR count). The molecule has 0 unspecified atom stereocenters. The van der Waals surface area contributed by atoms with Crippen molar-refractivity contribution in [1.82, 2.24) is 0 Å². The Morgan fingerprint density at radius 3 is 2.45 bits per heavy atom. The lowest BCUT2D eigenvalue weighted by Crippen LogP contribution is -2.35. The van der Waals surface area contributed by atoms with Gasteiger partial charge in [-0.15, -0.1) is 0 Å². The molecule has 0 radical (unpaired) electrons. The second kappa shape index (κ2) is 2.71. The van der Waals surface area contributed by atoms with Gasteiger partial charge in [0.1, 0.15) is 0 Å². The normalized spacial score (nSPS) is 26.5. The van der Waals surface area contributed by atoms with Crippen LogP contribution in [0.15, 0.2) is 0 Å². The van der Waals surface area contributed by atoms with Crippen LogP contribution in [-0.2, 0) is 9.53 Å². The summed E-state index contributed by atoms with van der Waals surface area (Å²) in [4.78, 5) is 10.5. The van der Waals surface area contributed by atoms with Gasteiger partial charge >= 0.3 is 12.1 Å². The Bertz CT molecular complexity index is 164. The molecule has 5 heteroatoms. The molecule has 0 aromatic rings. The highest BCUT2D eigenvalue weighted by molar-refractivity contribution is 5.73. The summed E-state index contributed by atoms with van der Waals surface area (Å²) in [5.41, 5.74) is 0. The van der Waals surface area contributed by atoms with Crippen LogP contribution in [0.1, 0.15) is 12.8 Å². The van der Waals surface area contributed by atoms with Crippen LogP contribution in [-0.4, -0.2) is 18.8 Å². The predicted octanol–water partition coefficient (Wildman–Crippen LogP) is 1.50. The highest BCUT2D eigenvalue weighted by atomic mass is 19.4. The molecule has 1 saturated heterocycles. The maximum Gasteiger partial charge on any atom is 0.402 e. The van der Waals surface area contributed by atoms with Gasteiger partial charge in [-0.1, -0.05) is 0 Å². The van der Waals surface area contributed by atoms with Crippen LogP contribution >= 0.6 is 0 Å². The second-order valence-electron chi connectivity index (χ2n) is 2.40. The largest absolute Gasteiger partial charge is 0.465 e. The van der Waals surface area contributed by atoms with Gasteiger partial charge in [-0.25, -0.2) is 0 Å². The van der Waals surface area contributed by atoms with Crippen LogP contribution in [0.2, 0.25) is 0 Å². The van der Waals surface area contributed by atoms with Crippen molar-refractivity contribution in [2.75, 3.05) is 6.61 Å². The number of hydrogen-bond acceptors (Lipinski definition) is 2. The van der Waals surface area contributed by atoms with Crippen LogP contribution in [0.5, 0.6) is 0 Å². The van der Waals surface area contributed by atoms with E-state index in [-0.39, 0.29) is 13.0 Å². The third-order valence-electron chi connectivity index (χ3n) is 1.56. The number of carbonyl (C=O) groups is 1. The van der Waals surface area contributed by atoms with Crippen LogP contribution < -0.4 is 0 Å². The van der Waals surface area contributed by atoms with Crippen LogP contribution in [0.25, 0.3) is 0 Å². The van der Waals surface area contributed by atoms with E-state index in [9.17, 15) is 18.0 Å². The quantitative estimate of drug-likeness (QED) is 0.512. The summed E-state index contributed by atoms with van der Waals surface area (Å²) >= 11 is 0. The van der Waals surface area contributed by atoms with Crippen molar-refractivity contribution in [1.29, 1.82) is 0 Å². The van der Waals surface area contributed by atoms with Gasteiger partial charge in [0.25, 0.3) is 0 Å². The van der Waals surface area contributed by atoms with Crippen LogP contribution in [0.4, 0.5) is 13.2 Å². The third-order valence-corrected chi connectivity index (χ3v) is 1.56. The fraction of sp³-hybridized carbons (Fsp3) is 0.833. The van der Waals surface area contributed by atoms with E-state index < -0.39 is 18.1 Å². The first kappa shape index (κ1) is 8.36. The molecule has 0 aliphatic carbocycles. The van der Waals surface area contributed by atoms with E-state index in [0.717, 1.165) is 0 Å². The summed E-state index contributed by atoms with van der Waals surface area (Å²) < 4.78 is 39.9. The lowest BCUT2D eigenvalue weighted by Gasteiger charge is -2.22. The molecule has 0 saturated carbocycles. The first-order valence-corrected chi connectivity index (χ1v) is 3.25. The van der Waals surface area contributed by atoms with E-state index >= 15 is 0 Å². The van der Waals surface area contributed by atoms with Crippen molar-refractivity contribution in [2.45, 2.75) is 19.0 Å². The van der Waals surface area contributed by atoms with Gasteiger partial charge in [0.15, 0.2) is 5.92 Å². The standard InChI is InChI=1S/C6H7F3O2/c7-6(8,9)4-2-1-3-11-5(4)10/h4H,1-3H2/t4-/m0/s1. The van der Waals surface area contributed by atoms with Crippen molar-refractivity contribution < 1.29 is 22.7 Å². The summed E-state index contributed by atoms with van der Waals surface area (Å²) in [6, 6.07) is 0. The fourth-order valence-electron chi connectivity index (χ4n) is 0.976. The first-order valence-electron chi connectivity index (χ1n) is 3.25. The zero-order valence-corrected chi connectivity index (χ0v) is 5.65. The van der Waals surface area contributed by atoms with Crippen LogP contribution in [0, 0.1) is 5.92 Å². The zero-order chi connectivity index (χ0) is 8.48. The highest BCUT2D eigenvalue weighted by Gasteiger charge is 2.46. The van der Waals surface area contributed by atoms with Crippen molar-refractivity contribution >= 4 is 5.97 Å². The molecule has 64 valence electrons.